The molecule has 7 heteroatoms. The van der Waals surface area contributed by atoms with Gasteiger partial charge in [0.2, 0.25) is 5.91 Å². The Morgan fingerprint density at radius 1 is 1.39 bits per heavy atom. The van der Waals surface area contributed by atoms with Gasteiger partial charge in [0, 0.05) is 12.5 Å². The molecule has 0 aliphatic carbocycles. The van der Waals surface area contributed by atoms with Gasteiger partial charge in [-0.15, -0.1) is 0 Å². The maximum Gasteiger partial charge on any atom is 0.420 e. The molecule has 1 aromatic carbocycles. The fraction of sp³-hybridized carbons (Fsp3) is 0.273. The number of methoxy groups -OCH3 is 1. The summed E-state index contributed by atoms with van der Waals surface area (Å²) in [4.78, 5) is 21.5. The van der Waals surface area contributed by atoms with Crippen LogP contribution in [0.25, 0.3) is 0 Å². The first kappa shape index (κ1) is 14.0. The summed E-state index contributed by atoms with van der Waals surface area (Å²) in [6.45, 7) is 1.14. The summed E-state index contributed by atoms with van der Waals surface area (Å²) in [6, 6.07) is 1.78. The van der Waals surface area contributed by atoms with Gasteiger partial charge in [-0.2, -0.15) is 13.2 Å². The molecule has 0 fully saturated rings. The van der Waals surface area contributed by atoms with Crippen molar-refractivity contribution < 1.29 is 27.5 Å². The van der Waals surface area contributed by atoms with Crippen LogP contribution in [0, 0.1) is 0 Å². The fourth-order valence-corrected chi connectivity index (χ4v) is 1.43. The molecule has 0 saturated carbocycles. The van der Waals surface area contributed by atoms with E-state index >= 15 is 0 Å². The monoisotopic (exact) mass is 261 g/mol. The maximum atomic E-state index is 12.8. The van der Waals surface area contributed by atoms with Gasteiger partial charge in [0.1, 0.15) is 11.8 Å². The number of carbonyl (C=O) groups excluding carboxylic acids is 2. The van der Waals surface area contributed by atoms with Crippen LogP contribution in [-0.4, -0.2) is 19.3 Å². The number of anilines is 1. The van der Waals surface area contributed by atoms with E-state index in [9.17, 15) is 22.8 Å². The van der Waals surface area contributed by atoms with E-state index in [0.717, 1.165) is 20.1 Å². The lowest BCUT2D eigenvalue weighted by Crippen LogP contribution is -2.13. The van der Waals surface area contributed by atoms with E-state index in [-0.39, 0.29) is 17.5 Å². The Labute approximate surface area is 101 Å². The second kappa shape index (κ2) is 5.07. The summed E-state index contributed by atoms with van der Waals surface area (Å²) in [6.07, 6.45) is -4.42. The van der Waals surface area contributed by atoms with Crippen molar-refractivity contribution in [2.75, 3.05) is 12.4 Å². The van der Waals surface area contributed by atoms with E-state index in [4.69, 9.17) is 0 Å². The zero-order valence-corrected chi connectivity index (χ0v) is 9.59. The van der Waals surface area contributed by atoms with Gasteiger partial charge in [-0.1, -0.05) is 0 Å². The van der Waals surface area contributed by atoms with E-state index in [1.165, 1.54) is 0 Å². The second-order valence-electron chi connectivity index (χ2n) is 3.45. The van der Waals surface area contributed by atoms with Crippen molar-refractivity contribution >= 4 is 17.9 Å². The van der Waals surface area contributed by atoms with Crippen LogP contribution in [0.4, 0.5) is 18.9 Å². The summed E-state index contributed by atoms with van der Waals surface area (Å²) < 4.78 is 42.9. The highest BCUT2D eigenvalue weighted by atomic mass is 19.4. The van der Waals surface area contributed by atoms with E-state index in [2.05, 4.69) is 10.1 Å². The first-order valence-corrected chi connectivity index (χ1v) is 4.81. The number of alkyl halides is 3. The molecule has 0 saturated heterocycles. The Bertz CT molecular complexity index is 483. The van der Waals surface area contributed by atoms with Gasteiger partial charge in [-0.05, 0) is 12.1 Å². The van der Waals surface area contributed by atoms with Crippen LogP contribution in [0.15, 0.2) is 12.1 Å². The van der Waals surface area contributed by atoms with Crippen molar-refractivity contribution in [1.29, 1.82) is 0 Å². The van der Waals surface area contributed by atoms with Gasteiger partial charge in [0.05, 0.1) is 12.8 Å². The predicted octanol–water partition coefficient (Wildman–Crippen LogP) is 2.48. The van der Waals surface area contributed by atoms with Crippen LogP contribution in [0.2, 0.25) is 0 Å². The minimum atomic E-state index is -4.68. The molecule has 0 bridgehead atoms. The lowest BCUT2D eigenvalue weighted by Gasteiger charge is -2.16. The molecule has 1 aromatic rings. The number of amides is 1. The highest BCUT2D eigenvalue weighted by molar-refractivity contribution is 5.92. The number of aldehydes is 1. The van der Waals surface area contributed by atoms with Crippen molar-refractivity contribution in [3.8, 4) is 5.75 Å². The zero-order chi connectivity index (χ0) is 13.9. The average Bonchev–Trinajstić information content (AvgIpc) is 2.25. The lowest BCUT2D eigenvalue weighted by molar-refractivity contribution is -0.138. The molecular weight excluding hydrogens is 251 g/mol. The first-order chi connectivity index (χ1) is 8.29. The molecule has 1 rings (SSSR count). The highest BCUT2D eigenvalue weighted by Gasteiger charge is 2.36. The molecule has 18 heavy (non-hydrogen) atoms. The number of halogens is 3. The minimum absolute atomic E-state index is 0.193. The smallest absolute Gasteiger partial charge is 0.420 e. The largest absolute Gasteiger partial charge is 0.494 e. The van der Waals surface area contributed by atoms with Crippen LogP contribution in [0.1, 0.15) is 22.8 Å². The molecule has 1 N–H and O–H groups in total. The molecule has 0 aliphatic heterocycles. The predicted molar refractivity (Wildman–Crippen MR) is 57.7 cm³/mol. The third-order valence-corrected chi connectivity index (χ3v) is 2.07. The van der Waals surface area contributed by atoms with Crippen LogP contribution >= 0.6 is 0 Å². The molecule has 0 unspecified atom stereocenters. The number of nitrogens with one attached hydrogen (secondary N) is 1. The first-order valence-electron chi connectivity index (χ1n) is 4.81. The zero-order valence-electron chi connectivity index (χ0n) is 9.59. The molecule has 0 atom stereocenters. The Balaban J connectivity index is 3.49. The van der Waals surface area contributed by atoms with Crippen molar-refractivity contribution in [2.45, 2.75) is 13.1 Å². The van der Waals surface area contributed by atoms with Gasteiger partial charge in [0.25, 0.3) is 0 Å². The molecule has 4 nitrogen and oxygen atoms in total. The van der Waals surface area contributed by atoms with Crippen molar-refractivity contribution in [2.24, 2.45) is 0 Å². The lowest BCUT2D eigenvalue weighted by atomic mass is 10.1. The quantitative estimate of drug-likeness (QED) is 0.850. The number of carbonyl (C=O) groups is 2. The Kier molecular flexibility index (Phi) is 3.95. The standard InChI is InChI=1S/C11H10F3NO3/c1-6(17)15-9-4-7(5-16)3-8(10(9)18-2)11(12,13)14/h3-5H,1-2H3,(H,15,17). The maximum absolute atomic E-state index is 12.8. The highest BCUT2D eigenvalue weighted by Crippen LogP contribution is 2.41. The van der Waals surface area contributed by atoms with Gasteiger partial charge >= 0.3 is 6.18 Å². The van der Waals surface area contributed by atoms with Crippen molar-refractivity contribution in [3.05, 3.63) is 23.3 Å². The number of ether oxygens (including phenoxy) is 1. The van der Waals surface area contributed by atoms with Crippen LogP contribution < -0.4 is 10.1 Å². The SMILES string of the molecule is COc1c(NC(C)=O)cc(C=O)cc1C(F)(F)F. The molecule has 98 valence electrons. The summed E-state index contributed by atoms with van der Waals surface area (Å²) >= 11 is 0. The van der Waals surface area contributed by atoms with Crippen LogP contribution in [0.5, 0.6) is 5.75 Å². The molecule has 0 aromatic heterocycles. The number of benzene rings is 1. The Morgan fingerprint density at radius 3 is 2.39 bits per heavy atom. The fourth-order valence-electron chi connectivity index (χ4n) is 1.43. The average molecular weight is 261 g/mol. The van der Waals surface area contributed by atoms with Crippen molar-refractivity contribution in [1.82, 2.24) is 0 Å². The van der Waals surface area contributed by atoms with Gasteiger partial charge in [-0.3, -0.25) is 9.59 Å². The molecule has 0 aliphatic rings. The van der Waals surface area contributed by atoms with E-state index in [0.29, 0.717) is 6.07 Å². The van der Waals surface area contributed by atoms with E-state index in [1.54, 1.807) is 0 Å². The Morgan fingerprint density at radius 2 is 2.00 bits per heavy atom. The van der Waals surface area contributed by atoms with Gasteiger partial charge < -0.3 is 10.1 Å². The molecular formula is C11H10F3NO3. The summed E-state index contributed by atoms with van der Waals surface area (Å²) in [5.74, 6) is -1.09. The Hall–Kier alpha value is -2.05. The third-order valence-electron chi connectivity index (χ3n) is 2.07. The molecule has 0 heterocycles. The summed E-state index contributed by atoms with van der Waals surface area (Å²) in [7, 11) is 1.05. The summed E-state index contributed by atoms with van der Waals surface area (Å²) in [5, 5.41) is 2.19. The van der Waals surface area contributed by atoms with E-state index < -0.39 is 23.4 Å². The second-order valence-corrected chi connectivity index (χ2v) is 3.45. The van der Waals surface area contributed by atoms with Crippen LogP contribution in [0.3, 0.4) is 0 Å². The van der Waals surface area contributed by atoms with Crippen molar-refractivity contribution in [3.63, 3.8) is 0 Å². The van der Waals surface area contributed by atoms with Gasteiger partial charge in [0.15, 0.2) is 5.75 Å². The van der Waals surface area contributed by atoms with Crippen LogP contribution in [-0.2, 0) is 11.0 Å². The third kappa shape index (κ3) is 2.99. The molecule has 0 spiro atoms. The van der Waals surface area contributed by atoms with Gasteiger partial charge in [-0.25, -0.2) is 0 Å². The summed E-state index contributed by atoms with van der Waals surface area (Å²) in [5.41, 5.74) is -1.51. The number of hydrogen-bond acceptors (Lipinski definition) is 3. The topological polar surface area (TPSA) is 55.4 Å². The normalized spacial score (nSPS) is 10.9. The number of rotatable bonds is 3. The van der Waals surface area contributed by atoms with E-state index in [1.807, 2.05) is 0 Å². The number of hydrogen-bond donors (Lipinski definition) is 1. The minimum Gasteiger partial charge on any atom is -0.494 e. The molecule has 1 amide bonds. The molecule has 0 radical (unpaired) electrons.